The normalized spacial score (nSPS) is 21.9. The Hall–Kier alpha value is -1.53. The van der Waals surface area contributed by atoms with E-state index in [1.165, 1.54) is 0 Å². The fraction of sp³-hybridized carbons (Fsp3) is 0.438. The van der Waals surface area contributed by atoms with E-state index < -0.39 is 0 Å². The summed E-state index contributed by atoms with van der Waals surface area (Å²) in [5.41, 5.74) is 6.90. The lowest BCUT2D eigenvalue weighted by Gasteiger charge is -2.19. The Bertz CT molecular complexity index is 694. The van der Waals surface area contributed by atoms with Gasteiger partial charge in [0.15, 0.2) is 5.17 Å². The number of aliphatic imine (C=N–C) groups is 1. The van der Waals surface area contributed by atoms with Gasteiger partial charge in [0, 0.05) is 11.4 Å². The maximum atomic E-state index is 11.7. The second kappa shape index (κ2) is 6.53. The number of thioether (sulfide) groups is 1. The number of hydrogen-bond acceptors (Lipinski definition) is 4. The summed E-state index contributed by atoms with van der Waals surface area (Å²) in [7, 11) is 0. The molecule has 1 atom stereocenters. The summed E-state index contributed by atoms with van der Waals surface area (Å²) >= 11 is 1.65. The number of amidine groups is 1. The zero-order valence-corrected chi connectivity index (χ0v) is 15.3. The molecule has 1 unspecified atom stereocenters. The molecule has 2 aliphatic rings. The van der Waals surface area contributed by atoms with Crippen LogP contribution < -0.4 is 10.7 Å². The average molecular weight is 353 g/mol. The lowest BCUT2D eigenvalue weighted by Crippen LogP contribution is -2.28. The second-order valence-electron chi connectivity index (χ2n) is 6.56. The van der Waals surface area contributed by atoms with Gasteiger partial charge in [-0.25, -0.2) is 0 Å². The van der Waals surface area contributed by atoms with Gasteiger partial charge in [0.25, 0.3) is 0 Å². The standard InChI is InChI=1S/C16H20N4OS.ClH/c1-9-11-7-10(5-6-12(11)17-14(9)21)13-8-22-15(20-19-13)18-16(2,3)4;/h5-7,9H,8H2,1-4H3,(H,17,21)(H,18,20);1H. The summed E-state index contributed by atoms with van der Waals surface area (Å²) in [5.74, 6) is 0.735. The number of amides is 1. The van der Waals surface area contributed by atoms with Gasteiger partial charge in [-0.1, -0.05) is 17.8 Å². The van der Waals surface area contributed by atoms with Crippen LogP contribution in [0, 0.1) is 0 Å². The van der Waals surface area contributed by atoms with E-state index in [0.717, 1.165) is 33.4 Å². The summed E-state index contributed by atoms with van der Waals surface area (Å²) in [6, 6.07) is 6.02. The highest BCUT2D eigenvalue weighted by Crippen LogP contribution is 2.33. The quantitative estimate of drug-likeness (QED) is 0.814. The molecule has 0 saturated carbocycles. The molecule has 7 heteroatoms. The maximum absolute atomic E-state index is 11.7. The van der Waals surface area contributed by atoms with Crippen molar-refractivity contribution >= 4 is 46.6 Å². The van der Waals surface area contributed by atoms with Crippen LogP contribution in [-0.2, 0) is 4.79 Å². The monoisotopic (exact) mass is 352 g/mol. The van der Waals surface area contributed by atoms with Crippen LogP contribution in [0.1, 0.15) is 44.7 Å². The number of rotatable bonds is 1. The molecule has 2 N–H and O–H groups in total. The number of fused-ring (bicyclic) bond motifs is 1. The highest BCUT2D eigenvalue weighted by molar-refractivity contribution is 8.14. The van der Waals surface area contributed by atoms with E-state index in [0.29, 0.717) is 0 Å². The number of carbonyl (C=O) groups is 1. The number of benzene rings is 1. The van der Waals surface area contributed by atoms with Crippen LogP contribution in [0.4, 0.5) is 5.69 Å². The van der Waals surface area contributed by atoms with E-state index in [2.05, 4.69) is 47.7 Å². The van der Waals surface area contributed by atoms with Crippen LogP contribution in [0.15, 0.2) is 28.3 Å². The molecule has 0 fully saturated rings. The number of anilines is 1. The first-order chi connectivity index (χ1) is 10.3. The lowest BCUT2D eigenvalue weighted by atomic mass is 9.99. The van der Waals surface area contributed by atoms with E-state index >= 15 is 0 Å². The van der Waals surface area contributed by atoms with Gasteiger partial charge in [-0.15, -0.1) is 12.4 Å². The van der Waals surface area contributed by atoms with E-state index in [9.17, 15) is 4.79 Å². The molecular weight excluding hydrogens is 332 g/mol. The number of halogens is 1. The molecule has 23 heavy (non-hydrogen) atoms. The zero-order chi connectivity index (χ0) is 15.9. The molecule has 124 valence electrons. The Kier molecular flexibility index (Phi) is 5.06. The first-order valence-corrected chi connectivity index (χ1v) is 8.32. The minimum absolute atomic E-state index is 0. The van der Waals surface area contributed by atoms with Crippen molar-refractivity contribution in [2.45, 2.75) is 39.2 Å². The van der Waals surface area contributed by atoms with Crippen molar-refractivity contribution in [2.75, 3.05) is 11.1 Å². The van der Waals surface area contributed by atoms with Crippen LogP contribution in [0.2, 0.25) is 0 Å². The van der Waals surface area contributed by atoms with Crippen LogP contribution in [-0.4, -0.2) is 28.1 Å². The van der Waals surface area contributed by atoms with Gasteiger partial charge in [-0.3, -0.25) is 15.2 Å². The van der Waals surface area contributed by atoms with E-state index in [1.807, 2.05) is 19.1 Å². The Balaban J connectivity index is 0.00000192. The van der Waals surface area contributed by atoms with Crippen molar-refractivity contribution in [3.63, 3.8) is 0 Å². The topological polar surface area (TPSA) is 65.8 Å². The summed E-state index contributed by atoms with van der Waals surface area (Å²) in [4.78, 5) is 16.3. The lowest BCUT2D eigenvalue weighted by molar-refractivity contribution is -0.116. The van der Waals surface area contributed by atoms with Crippen molar-refractivity contribution in [1.29, 1.82) is 0 Å². The molecule has 0 aliphatic carbocycles. The fourth-order valence-corrected chi connectivity index (χ4v) is 3.38. The Morgan fingerprint density at radius 3 is 2.70 bits per heavy atom. The SMILES string of the molecule is CC1C(=O)Nc2ccc(C3=NNC(=NC(C)(C)C)SC3)cc21.Cl. The molecule has 0 saturated heterocycles. The molecule has 0 aromatic heterocycles. The van der Waals surface area contributed by atoms with Gasteiger partial charge in [-0.05, 0) is 51.0 Å². The number of carbonyl (C=O) groups excluding carboxylic acids is 1. The van der Waals surface area contributed by atoms with Gasteiger partial charge < -0.3 is 5.32 Å². The molecule has 0 radical (unpaired) electrons. The minimum atomic E-state index is -0.114. The van der Waals surface area contributed by atoms with E-state index in [-0.39, 0.29) is 29.8 Å². The molecule has 0 bridgehead atoms. The largest absolute Gasteiger partial charge is 0.325 e. The molecule has 2 aliphatic heterocycles. The van der Waals surface area contributed by atoms with Gasteiger partial charge in [0.1, 0.15) is 0 Å². The molecule has 3 rings (SSSR count). The van der Waals surface area contributed by atoms with Crippen LogP contribution in [0.25, 0.3) is 0 Å². The number of hydrazone groups is 1. The molecule has 0 spiro atoms. The van der Waals surface area contributed by atoms with Crippen molar-refractivity contribution < 1.29 is 4.79 Å². The van der Waals surface area contributed by atoms with Crippen LogP contribution >= 0.6 is 24.2 Å². The van der Waals surface area contributed by atoms with Crippen molar-refractivity contribution in [2.24, 2.45) is 10.1 Å². The predicted molar refractivity (Wildman–Crippen MR) is 100 cm³/mol. The third kappa shape index (κ3) is 3.87. The van der Waals surface area contributed by atoms with Gasteiger partial charge >= 0.3 is 0 Å². The third-order valence-corrected chi connectivity index (χ3v) is 4.45. The summed E-state index contributed by atoms with van der Waals surface area (Å²) < 4.78 is 0. The number of nitrogens with one attached hydrogen (secondary N) is 2. The minimum Gasteiger partial charge on any atom is -0.325 e. The van der Waals surface area contributed by atoms with Gasteiger partial charge in [0.2, 0.25) is 5.91 Å². The summed E-state index contributed by atoms with van der Waals surface area (Å²) in [6.07, 6.45) is 0. The van der Waals surface area contributed by atoms with E-state index in [1.54, 1.807) is 11.8 Å². The van der Waals surface area contributed by atoms with Gasteiger partial charge in [0.05, 0.1) is 17.2 Å². The van der Waals surface area contributed by atoms with Crippen LogP contribution in [0.3, 0.4) is 0 Å². The third-order valence-electron chi connectivity index (χ3n) is 3.57. The molecular formula is C16H21ClN4OS. The summed E-state index contributed by atoms with van der Waals surface area (Å²) in [5, 5.41) is 8.19. The fourth-order valence-electron chi connectivity index (χ4n) is 2.42. The summed E-state index contributed by atoms with van der Waals surface area (Å²) in [6.45, 7) is 8.11. The Labute approximate surface area is 146 Å². The highest BCUT2D eigenvalue weighted by Gasteiger charge is 2.27. The average Bonchev–Trinajstić information content (AvgIpc) is 2.73. The molecule has 1 aromatic carbocycles. The number of nitrogens with zero attached hydrogens (tertiary/aromatic N) is 2. The Morgan fingerprint density at radius 1 is 1.35 bits per heavy atom. The Morgan fingerprint density at radius 2 is 2.09 bits per heavy atom. The molecule has 1 amide bonds. The second-order valence-corrected chi connectivity index (χ2v) is 7.52. The van der Waals surface area contributed by atoms with Crippen molar-refractivity contribution in [3.05, 3.63) is 29.3 Å². The van der Waals surface area contributed by atoms with Crippen molar-refractivity contribution in [1.82, 2.24) is 5.43 Å². The smallest absolute Gasteiger partial charge is 0.231 e. The molecule has 5 nitrogen and oxygen atoms in total. The first kappa shape index (κ1) is 17.8. The number of hydrogen-bond donors (Lipinski definition) is 2. The maximum Gasteiger partial charge on any atom is 0.231 e. The molecule has 1 aromatic rings. The first-order valence-electron chi connectivity index (χ1n) is 7.34. The predicted octanol–water partition coefficient (Wildman–Crippen LogP) is 3.36. The van der Waals surface area contributed by atoms with Crippen molar-refractivity contribution in [3.8, 4) is 0 Å². The highest BCUT2D eigenvalue weighted by atomic mass is 35.5. The molecule has 2 heterocycles. The zero-order valence-electron chi connectivity index (χ0n) is 13.6. The van der Waals surface area contributed by atoms with Gasteiger partial charge in [-0.2, -0.15) is 5.10 Å². The van der Waals surface area contributed by atoms with E-state index in [4.69, 9.17) is 0 Å². The van der Waals surface area contributed by atoms with Crippen LogP contribution in [0.5, 0.6) is 0 Å².